The van der Waals surface area contributed by atoms with Gasteiger partial charge < -0.3 is 4.90 Å². The third-order valence-corrected chi connectivity index (χ3v) is 5.19. The number of likely N-dealkylation sites (tertiary alicyclic amines) is 1. The van der Waals surface area contributed by atoms with Crippen molar-refractivity contribution in [1.29, 1.82) is 0 Å². The molecule has 15 heavy (non-hydrogen) atoms. The molecule has 0 aromatic rings. The van der Waals surface area contributed by atoms with Gasteiger partial charge in [0.25, 0.3) is 0 Å². The first-order chi connectivity index (χ1) is 7.18. The first kappa shape index (κ1) is 11.6. The predicted molar refractivity (Wildman–Crippen MR) is 65.4 cm³/mol. The summed E-state index contributed by atoms with van der Waals surface area (Å²) in [5.74, 6) is 3.32. The second-order valence-corrected chi connectivity index (χ2v) is 6.34. The average Bonchev–Trinajstić information content (AvgIpc) is 2.74. The second kappa shape index (κ2) is 4.96. The van der Waals surface area contributed by atoms with Crippen LogP contribution in [0.4, 0.5) is 0 Å². The van der Waals surface area contributed by atoms with Gasteiger partial charge in [-0.3, -0.25) is 4.79 Å². The van der Waals surface area contributed by atoms with Crippen LogP contribution in [-0.4, -0.2) is 40.8 Å². The van der Waals surface area contributed by atoms with Crippen LogP contribution in [-0.2, 0) is 4.79 Å². The highest BCUT2D eigenvalue weighted by molar-refractivity contribution is 7.99. The maximum atomic E-state index is 12.1. The van der Waals surface area contributed by atoms with Crippen LogP contribution < -0.4 is 0 Å². The molecule has 0 radical (unpaired) electrons. The Morgan fingerprint density at radius 3 is 2.87 bits per heavy atom. The lowest BCUT2D eigenvalue weighted by Crippen LogP contribution is -2.46. The lowest BCUT2D eigenvalue weighted by molar-refractivity contribution is -0.135. The summed E-state index contributed by atoms with van der Waals surface area (Å²) in [7, 11) is 0. The van der Waals surface area contributed by atoms with Crippen molar-refractivity contribution in [1.82, 2.24) is 4.90 Å². The maximum absolute atomic E-state index is 12.1. The van der Waals surface area contributed by atoms with Gasteiger partial charge in [0.1, 0.15) is 0 Å². The van der Waals surface area contributed by atoms with Crippen molar-refractivity contribution in [2.75, 3.05) is 24.6 Å². The predicted octanol–water partition coefficient (Wildman–Crippen LogP) is 2.22. The van der Waals surface area contributed by atoms with Crippen LogP contribution in [0.15, 0.2) is 0 Å². The second-order valence-electron chi connectivity index (χ2n) is 4.63. The number of piperidine rings is 1. The molecule has 4 heteroatoms. The largest absolute Gasteiger partial charge is 0.341 e. The van der Waals surface area contributed by atoms with E-state index in [4.69, 9.17) is 11.6 Å². The quantitative estimate of drug-likeness (QED) is 0.663. The minimum atomic E-state index is 0.150. The van der Waals surface area contributed by atoms with Crippen molar-refractivity contribution in [3.63, 3.8) is 0 Å². The first-order valence-corrected chi connectivity index (χ1v) is 7.28. The SMILES string of the molecule is CC1CCN(C(=O)C2CCSC2)CC1Cl. The van der Waals surface area contributed by atoms with Crippen LogP contribution in [0, 0.1) is 11.8 Å². The number of thioether (sulfide) groups is 1. The standard InChI is InChI=1S/C11H18ClNOS/c1-8-2-4-13(6-10(8)12)11(14)9-3-5-15-7-9/h8-10H,2-7H2,1H3. The molecule has 86 valence electrons. The van der Waals surface area contributed by atoms with E-state index in [-0.39, 0.29) is 11.3 Å². The number of nitrogens with zero attached hydrogens (tertiary/aromatic N) is 1. The van der Waals surface area contributed by atoms with Gasteiger partial charge in [-0.25, -0.2) is 0 Å². The molecular weight excluding hydrogens is 230 g/mol. The summed E-state index contributed by atoms with van der Waals surface area (Å²) in [5.41, 5.74) is 0. The van der Waals surface area contributed by atoms with Crippen molar-refractivity contribution in [3.05, 3.63) is 0 Å². The fourth-order valence-corrected chi connectivity index (χ4v) is 3.71. The van der Waals surface area contributed by atoms with Gasteiger partial charge in [-0.2, -0.15) is 11.8 Å². The maximum Gasteiger partial charge on any atom is 0.226 e. The van der Waals surface area contributed by atoms with E-state index in [0.717, 1.165) is 37.4 Å². The van der Waals surface area contributed by atoms with Crippen molar-refractivity contribution < 1.29 is 4.79 Å². The van der Waals surface area contributed by atoms with E-state index >= 15 is 0 Å². The van der Waals surface area contributed by atoms with E-state index in [9.17, 15) is 4.79 Å². The molecule has 0 aromatic heterocycles. The van der Waals surface area contributed by atoms with Crippen LogP contribution in [0.3, 0.4) is 0 Å². The fraction of sp³-hybridized carbons (Fsp3) is 0.909. The van der Waals surface area contributed by atoms with Gasteiger partial charge in [-0.15, -0.1) is 11.6 Å². The summed E-state index contributed by atoms with van der Waals surface area (Å²) in [4.78, 5) is 14.1. The van der Waals surface area contributed by atoms with Gasteiger partial charge in [0.2, 0.25) is 5.91 Å². The van der Waals surface area contributed by atoms with Crippen LogP contribution >= 0.6 is 23.4 Å². The topological polar surface area (TPSA) is 20.3 Å². The Labute approximate surface area is 101 Å². The number of rotatable bonds is 1. The van der Waals surface area contributed by atoms with Gasteiger partial charge in [-0.05, 0) is 24.5 Å². The summed E-state index contributed by atoms with van der Waals surface area (Å²) < 4.78 is 0. The zero-order valence-electron chi connectivity index (χ0n) is 9.12. The van der Waals surface area contributed by atoms with E-state index in [2.05, 4.69) is 6.92 Å². The Morgan fingerprint density at radius 1 is 1.47 bits per heavy atom. The number of halogens is 1. The van der Waals surface area contributed by atoms with E-state index in [1.165, 1.54) is 0 Å². The molecule has 2 nitrogen and oxygen atoms in total. The summed E-state index contributed by atoms with van der Waals surface area (Å²) in [6.07, 6.45) is 2.11. The Hall–Kier alpha value is 0.110. The van der Waals surface area contributed by atoms with Crippen LogP contribution in [0.5, 0.6) is 0 Å². The minimum absolute atomic E-state index is 0.150. The molecule has 3 unspecified atom stereocenters. The molecule has 2 heterocycles. The molecule has 2 aliphatic heterocycles. The molecule has 1 amide bonds. The number of carbonyl (C=O) groups is 1. The van der Waals surface area contributed by atoms with Gasteiger partial charge >= 0.3 is 0 Å². The molecule has 0 spiro atoms. The molecule has 0 bridgehead atoms. The van der Waals surface area contributed by atoms with E-state index in [1.54, 1.807) is 0 Å². The zero-order valence-corrected chi connectivity index (χ0v) is 10.7. The monoisotopic (exact) mass is 247 g/mol. The number of amides is 1. The van der Waals surface area contributed by atoms with E-state index in [1.807, 2.05) is 16.7 Å². The van der Waals surface area contributed by atoms with E-state index in [0.29, 0.717) is 11.8 Å². The normalized spacial score (nSPS) is 36.9. The van der Waals surface area contributed by atoms with E-state index < -0.39 is 0 Å². The van der Waals surface area contributed by atoms with Crippen LogP contribution in [0.1, 0.15) is 19.8 Å². The molecule has 2 aliphatic rings. The van der Waals surface area contributed by atoms with Gasteiger partial charge in [0, 0.05) is 24.8 Å². The number of hydrogen-bond donors (Lipinski definition) is 0. The molecular formula is C11H18ClNOS. The van der Waals surface area contributed by atoms with Gasteiger partial charge in [0.05, 0.1) is 5.38 Å². The van der Waals surface area contributed by atoms with Crippen molar-refractivity contribution >= 4 is 29.3 Å². The van der Waals surface area contributed by atoms with Crippen molar-refractivity contribution in [2.24, 2.45) is 11.8 Å². The Morgan fingerprint density at radius 2 is 2.27 bits per heavy atom. The summed E-state index contributed by atoms with van der Waals surface area (Å²) >= 11 is 8.11. The minimum Gasteiger partial charge on any atom is -0.341 e. The van der Waals surface area contributed by atoms with Gasteiger partial charge in [0.15, 0.2) is 0 Å². The smallest absolute Gasteiger partial charge is 0.226 e. The first-order valence-electron chi connectivity index (χ1n) is 5.69. The number of hydrogen-bond acceptors (Lipinski definition) is 2. The highest BCUT2D eigenvalue weighted by atomic mass is 35.5. The highest BCUT2D eigenvalue weighted by Gasteiger charge is 2.32. The highest BCUT2D eigenvalue weighted by Crippen LogP contribution is 2.28. The Kier molecular flexibility index (Phi) is 3.83. The number of alkyl halides is 1. The van der Waals surface area contributed by atoms with Crippen LogP contribution in [0.2, 0.25) is 0 Å². The average molecular weight is 248 g/mol. The Balaban J connectivity index is 1.90. The summed E-state index contributed by atoms with van der Waals surface area (Å²) in [5, 5.41) is 0.150. The molecule has 2 saturated heterocycles. The summed E-state index contributed by atoms with van der Waals surface area (Å²) in [6, 6.07) is 0. The molecule has 0 aliphatic carbocycles. The Bertz CT molecular complexity index is 243. The summed E-state index contributed by atoms with van der Waals surface area (Å²) in [6.45, 7) is 3.83. The van der Waals surface area contributed by atoms with Crippen molar-refractivity contribution in [3.8, 4) is 0 Å². The molecule has 3 atom stereocenters. The third kappa shape index (κ3) is 2.62. The zero-order chi connectivity index (χ0) is 10.8. The molecule has 0 N–H and O–H groups in total. The van der Waals surface area contributed by atoms with Crippen molar-refractivity contribution in [2.45, 2.75) is 25.1 Å². The third-order valence-electron chi connectivity index (χ3n) is 3.46. The lowest BCUT2D eigenvalue weighted by atomic mass is 9.97. The molecule has 0 saturated carbocycles. The molecule has 2 rings (SSSR count). The van der Waals surface area contributed by atoms with Crippen LogP contribution in [0.25, 0.3) is 0 Å². The fourth-order valence-electron chi connectivity index (χ4n) is 2.21. The lowest BCUT2D eigenvalue weighted by Gasteiger charge is -2.35. The number of carbonyl (C=O) groups excluding carboxylic acids is 1. The molecule has 0 aromatic carbocycles. The molecule has 2 fully saturated rings. The van der Waals surface area contributed by atoms with Gasteiger partial charge in [-0.1, -0.05) is 6.92 Å².